The van der Waals surface area contributed by atoms with E-state index in [2.05, 4.69) is 10.1 Å². The lowest BCUT2D eigenvalue weighted by Gasteiger charge is -2.16. The second-order valence-electron chi connectivity index (χ2n) is 4.95. The topological polar surface area (TPSA) is 74.3 Å². The van der Waals surface area contributed by atoms with Crippen molar-refractivity contribution < 1.29 is 4.79 Å². The van der Waals surface area contributed by atoms with E-state index in [-0.39, 0.29) is 5.91 Å². The second-order valence-corrected chi connectivity index (χ2v) is 4.95. The first-order chi connectivity index (χ1) is 10.6. The van der Waals surface area contributed by atoms with Gasteiger partial charge in [-0.1, -0.05) is 0 Å². The zero-order valence-electron chi connectivity index (χ0n) is 12.2. The molecule has 0 aliphatic rings. The number of carbonyl (C=O) groups is 1. The summed E-state index contributed by atoms with van der Waals surface area (Å²) in [5.74, 6) is 0.328. The molecule has 3 heterocycles. The molecule has 0 atom stereocenters. The molecule has 0 saturated heterocycles. The third kappa shape index (κ3) is 2.29. The number of carbonyl (C=O) groups excluding carboxylic acids is 1. The smallest absolute Gasteiger partial charge is 0.259 e. The van der Waals surface area contributed by atoms with Crippen LogP contribution in [-0.4, -0.2) is 27.6 Å². The molecule has 0 N–H and O–H groups in total. The van der Waals surface area contributed by atoms with Crippen LogP contribution in [0.4, 0.5) is 5.82 Å². The van der Waals surface area contributed by atoms with Crippen molar-refractivity contribution in [2.45, 2.75) is 6.92 Å². The molecule has 0 aliphatic heterocycles. The van der Waals surface area contributed by atoms with Gasteiger partial charge in [-0.05, 0) is 36.8 Å². The van der Waals surface area contributed by atoms with Crippen LogP contribution in [0.2, 0.25) is 0 Å². The predicted octanol–water partition coefficient (Wildman–Crippen LogP) is 2.19. The van der Waals surface area contributed by atoms with E-state index in [4.69, 9.17) is 5.26 Å². The van der Waals surface area contributed by atoms with Crippen LogP contribution in [0.1, 0.15) is 21.5 Å². The second kappa shape index (κ2) is 5.30. The first kappa shape index (κ1) is 13.8. The zero-order valence-corrected chi connectivity index (χ0v) is 12.2. The predicted molar refractivity (Wildman–Crippen MR) is 81.6 cm³/mol. The van der Waals surface area contributed by atoms with Crippen molar-refractivity contribution in [2.24, 2.45) is 0 Å². The molecular weight excluding hydrogens is 278 g/mol. The van der Waals surface area contributed by atoms with Gasteiger partial charge in [0.1, 0.15) is 11.9 Å². The van der Waals surface area contributed by atoms with E-state index in [0.29, 0.717) is 16.9 Å². The van der Waals surface area contributed by atoms with E-state index in [9.17, 15) is 4.79 Å². The monoisotopic (exact) mass is 291 g/mol. The fraction of sp³-hybridized carbons (Fsp3) is 0.125. The minimum atomic E-state index is -0.166. The van der Waals surface area contributed by atoms with Crippen LogP contribution in [0.25, 0.3) is 5.52 Å². The highest BCUT2D eigenvalue weighted by Gasteiger charge is 2.15. The van der Waals surface area contributed by atoms with Crippen molar-refractivity contribution in [3.8, 4) is 6.07 Å². The average Bonchev–Trinajstić information content (AvgIpc) is 2.94. The molecule has 6 heteroatoms. The van der Waals surface area contributed by atoms with Crippen molar-refractivity contribution in [3.05, 3.63) is 59.5 Å². The van der Waals surface area contributed by atoms with E-state index >= 15 is 0 Å². The molecule has 108 valence electrons. The maximum Gasteiger partial charge on any atom is 0.259 e. The number of aryl methyl sites for hydroxylation is 1. The highest BCUT2D eigenvalue weighted by Crippen LogP contribution is 2.16. The molecule has 6 nitrogen and oxygen atoms in total. The van der Waals surface area contributed by atoms with Gasteiger partial charge in [0.25, 0.3) is 5.91 Å². The highest BCUT2D eigenvalue weighted by atomic mass is 16.2. The fourth-order valence-electron chi connectivity index (χ4n) is 2.18. The first-order valence-corrected chi connectivity index (χ1v) is 6.68. The number of hydrogen-bond donors (Lipinski definition) is 0. The van der Waals surface area contributed by atoms with Crippen LogP contribution in [0.5, 0.6) is 0 Å². The number of hydrogen-bond acceptors (Lipinski definition) is 4. The average molecular weight is 291 g/mol. The molecule has 0 radical (unpaired) electrons. The van der Waals surface area contributed by atoms with Crippen LogP contribution in [0, 0.1) is 18.3 Å². The largest absolute Gasteiger partial charge is 0.296 e. The molecule has 0 aromatic carbocycles. The van der Waals surface area contributed by atoms with Crippen LogP contribution in [-0.2, 0) is 0 Å². The summed E-state index contributed by atoms with van der Waals surface area (Å²) in [6, 6.07) is 8.82. The Morgan fingerprint density at radius 3 is 2.82 bits per heavy atom. The Balaban J connectivity index is 1.93. The molecule has 3 aromatic heterocycles. The normalized spacial score (nSPS) is 10.4. The number of fused-ring (bicyclic) bond motifs is 1. The van der Waals surface area contributed by atoms with Crippen molar-refractivity contribution >= 4 is 17.2 Å². The number of pyridine rings is 2. The molecule has 3 aromatic rings. The lowest BCUT2D eigenvalue weighted by Crippen LogP contribution is -2.27. The minimum Gasteiger partial charge on any atom is -0.296 e. The molecule has 22 heavy (non-hydrogen) atoms. The van der Waals surface area contributed by atoms with E-state index < -0.39 is 0 Å². The Labute approximate surface area is 127 Å². The highest BCUT2D eigenvalue weighted by molar-refractivity contribution is 6.05. The van der Waals surface area contributed by atoms with Gasteiger partial charge in [-0.2, -0.15) is 10.4 Å². The van der Waals surface area contributed by atoms with Gasteiger partial charge in [-0.25, -0.2) is 9.50 Å². The Morgan fingerprint density at radius 2 is 2.14 bits per heavy atom. The number of nitrogens with zero attached hydrogens (tertiary/aromatic N) is 5. The molecule has 1 amide bonds. The molecule has 0 saturated carbocycles. The fourth-order valence-corrected chi connectivity index (χ4v) is 2.18. The summed E-state index contributed by atoms with van der Waals surface area (Å²) < 4.78 is 1.73. The van der Waals surface area contributed by atoms with Gasteiger partial charge in [-0.3, -0.25) is 9.69 Å². The van der Waals surface area contributed by atoms with Gasteiger partial charge in [-0.15, -0.1) is 0 Å². The summed E-state index contributed by atoms with van der Waals surface area (Å²) in [5, 5.41) is 13.0. The molecule has 0 spiro atoms. The molecule has 0 aliphatic carbocycles. The SMILES string of the molecule is Cc1cnn2ccc(C(=O)N(C)c3ccc(C#N)cn3)cc12. The molecular formula is C16H13N5O. The third-order valence-electron chi connectivity index (χ3n) is 3.49. The lowest BCUT2D eigenvalue weighted by molar-refractivity contribution is 0.0992. The molecule has 3 rings (SSSR count). The third-order valence-corrected chi connectivity index (χ3v) is 3.49. The van der Waals surface area contributed by atoms with E-state index in [0.717, 1.165) is 11.1 Å². The van der Waals surface area contributed by atoms with Gasteiger partial charge in [0.15, 0.2) is 0 Å². The lowest BCUT2D eigenvalue weighted by atomic mass is 10.2. The summed E-state index contributed by atoms with van der Waals surface area (Å²) in [6.45, 7) is 1.95. The standard InChI is InChI=1S/C16H13N5O/c1-11-9-19-21-6-5-13(7-14(11)21)16(22)20(2)15-4-3-12(8-17)10-18-15/h3-7,9-10H,1-2H3. The van der Waals surface area contributed by atoms with Crippen molar-refractivity contribution in [3.63, 3.8) is 0 Å². The van der Waals surface area contributed by atoms with Crippen molar-refractivity contribution in [1.82, 2.24) is 14.6 Å². The number of aromatic nitrogens is 3. The first-order valence-electron chi connectivity index (χ1n) is 6.68. The maximum absolute atomic E-state index is 12.6. The number of anilines is 1. The van der Waals surface area contributed by atoms with Gasteiger partial charge in [0.05, 0.1) is 17.3 Å². The number of nitriles is 1. The van der Waals surface area contributed by atoms with Gasteiger partial charge >= 0.3 is 0 Å². The van der Waals surface area contributed by atoms with Crippen LogP contribution in [0.3, 0.4) is 0 Å². The summed E-state index contributed by atoms with van der Waals surface area (Å²) in [6.07, 6.45) is 4.97. The van der Waals surface area contributed by atoms with Crippen LogP contribution in [0.15, 0.2) is 42.9 Å². The van der Waals surface area contributed by atoms with Crippen LogP contribution >= 0.6 is 0 Å². The van der Waals surface area contributed by atoms with E-state index in [1.54, 1.807) is 42.2 Å². The quantitative estimate of drug-likeness (QED) is 0.725. The maximum atomic E-state index is 12.6. The van der Waals surface area contributed by atoms with Gasteiger partial charge in [0.2, 0.25) is 0 Å². The summed E-state index contributed by atoms with van der Waals surface area (Å²) >= 11 is 0. The van der Waals surface area contributed by atoms with E-state index in [1.165, 1.54) is 11.1 Å². The molecule has 0 bridgehead atoms. The van der Waals surface area contributed by atoms with Crippen molar-refractivity contribution in [1.29, 1.82) is 5.26 Å². The van der Waals surface area contributed by atoms with Crippen LogP contribution < -0.4 is 4.90 Å². The van der Waals surface area contributed by atoms with Gasteiger partial charge < -0.3 is 0 Å². The Morgan fingerprint density at radius 1 is 1.32 bits per heavy atom. The molecule has 0 unspecified atom stereocenters. The van der Waals surface area contributed by atoms with E-state index in [1.807, 2.05) is 19.1 Å². The number of amides is 1. The summed E-state index contributed by atoms with van der Waals surface area (Å²) in [4.78, 5) is 18.2. The summed E-state index contributed by atoms with van der Waals surface area (Å²) in [7, 11) is 1.66. The molecule has 0 fully saturated rings. The van der Waals surface area contributed by atoms with Crippen molar-refractivity contribution in [2.75, 3.05) is 11.9 Å². The number of rotatable bonds is 2. The summed E-state index contributed by atoms with van der Waals surface area (Å²) in [5.41, 5.74) is 2.92. The Hall–Kier alpha value is -3.20. The van der Waals surface area contributed by atoms with Gasteiger partial charge in [0, 0.05) is 25.0 Å². The minimum absolute atomic E-state index is 0.166. The zero-order chi connectivity index (χ0) is 15.7. The Bertz CT molecular complexity index is 889. The Kier molecular flexibility index (Phi) is 3.31.